The van der Waals surface area contributed by atoms with E-state index >= 15 is 0 Å². The SMILES string of the molecule is CCCCc1cn(C(C)(C)C)s/c1=N\C(=O)[C@@]1(C)CC[C@@H](NC(N)=O)C1(C)C. The molecule has 2 atom stereocenters. The van der Waals surface area contributed by atoms with E-state index < -0.39 is 16.9 Å². The molecule has 1 aromatic heterocycles. The first-order valence-electron chi connectivity index (χ1n) is 10.2. The van der Waals surface area contributed by atoms with Crippen LogP contribution in [0.1, 0.15) is 79.7 Å². The molecule has 28 heavy (non-hydrogen) atoms. The lowest BCUT2D eigenvalue weighted by Gasteiger charge is -2.39. The minimum absolute atomic E-state index is 0.0461. The largest absolute Gasteiger partial charge is 0.352 e. The summed E-state index contributed by atoms with van der Waals surface area (Å²) < 4.78 is 3.00. The zero-order valence-electron chi connectivity index (χ0n) is 18.4. The molecule has 0 aliphatic heterocycles. The van der Waals surface area contributed by atoms with E-state index in [1.165, 1.54) is 0 Å². The monoisotopic (exact) mass is 408 g/mol. The highest BCUT2D eigenvalue weighted by Gasteiger charge is 2.56. The van der Waals surface area contributed by atoms with Gasteiger partial charge in [-0.25, -0.2) is 9.79 Å². The highest BCUT2D eigenvalue weighted by Crippen LogP contribution is 2.53. The Kier molecular flexibility index (Phi) is 6.48. The number of unbranched alkanes of at least 4 members (excludes halogenated alkanes) is 1. The van der Waals surface area contributed by atoms with Crippen LogP contribution in [0.2, 0.25) is 0 Å². The second kappa shape index (κ2) is 8.01. The van der Waals surface area contributed by atoms with Crippen molar-refractivity contribution >= 4 is 23.5 Å². The summed E-state index contributed by atoms with van der Waals surface area (Å²) in [6.45, 7) is 14.6. The first kappa shape index (κ1) is 22.7. The standard InChI is InChI=1S/C21H36N4O2S/c1-8-9-10-14-13-25(19(2,3)4)28-16(14)24-17(26)21(7)12-11-15(20(21,5)6)23-18(22)27/h13,15H,8-12H2,1-7H3,(H3,22,23,27)/b24-16-/t15-,21-/m1/s1. The molecule has 0 saturated heterocycles. The predicted octanol–water partition coefficient (Wildman–Crippen LogP) is 3.94. The normalized spacial score (nSPS) is 25.1. The zero-order chi connectivity index (χ0) is 21.3. The Morgan fingerprint density at radius 3 is 2.54 bits per heavy atom. The van der Waals surface area contributed by atoms with Gasteiger partial charge in [0, 0.05) is 23.3 Å². The van der Waals surface area contributed by atoms with E-state index in [-0.39, 0.29) is 17.5 Å². The maximum Gasteiger partial charge on any atom is 0.312 e. The van der Waals surface area contributed by atoms with Gasteiger partial charge in [0.1, 0.15) is 4.67 Å². The molecule has 0 spiro atoms. The zero-order valence-corrected chi connectivity index (χ0v) is 19.2. The van der Waals surface area contributed by atoms with E-state index in [1.54, 1.807) is 11.5 Å². The molecule has 158 valence electrons. The van der Waals surface area contributed by atoms with E-state index in [0.29, 0.717) is 6.42 Å². The molecule has 0 bridgehead atoms. The fourth-order valence-electron chi connectivity index (χ4n) is 3.86. The van der Waals surface area contributed by atoms with Gasteiger partial charge in [0.25, 0.3) is 5.91 Å². The predicted molar refractivity (Wildman–Crippen MR) is 114 cm³/mol. The van der Waals surface area contributed by atoms with E-state index in [9.17, 15) is 9.59 Å². The minimum Gasteiger partial charge on any atom is -0.352 e. The Morgan fingerprint density at radius 2 is 2.00 bits per heavy atom. The van der Waals surface area contributed by atoms with Crippen molar-refractivity contribution in [1.29, 1.82) is 0 Å². The summed E-state index contributed by atoms with van der Waals surface area (Å²) in [6.07, 6.45) is 6.65. The van der Waals surface area contributed by atoms with Gasteiger partial charge in [0.2, 0.25) is 0 Å². The van der Waals surface area contributed by atoms with Crippen LogP contribution < -0.4 is 15.7 Å². The van der Waals surface area contributed by atoms with Gasteiger partial charge < -0.3 is 11.1 Å². The van der Waals surface area contributed by atoms with Crippen molar-refractivity contribution in [2.24, 2.45) is 21.6 Å². The molecule has 0 radical (unpaired) electrons. The number of aryl methyl sites for hydroxylation is 1. The first-order chi connectivity index (χ1) is 12.8. The number of hydrogen-bond acceptors (Lipinski definition) is 3. The first-order valence-corrected chi connectivity index (χ1v) is 11.0. The third-order valence-electron chi connectivity index (χ3n) is 6.41. The Morgan fingerprint density at radius 1 is 1.36 bits per heavy atom. The summed E-state index contributed by atoms with van der Waals surface area (Å²) in [5, 5.41) is 2.81. The van der Waals surface area contributed by atoms with Gasteiger partial charge >= 0.3 is 6.03 Å². The summed E-state index contributed by atoms with van der Waals surface area (Å²) in [5.41, 5.74) is 5.36. The number of urea groups is 1. The fourth-order valence-corrected chi connectivity index (χ4v) is 4.90. The summed E-state index contributed by atoms with van der Waals surface area (Å²) >= 11 is 1.55. The average molecular weight is 409 g/mol. The molecule has 1 heterocycles. The number of primary amides is 1. The topological polar surface area (TPSA) is 89.5 Å². The highest BCUT2D eigenvalue weighted by molar-refractivity contribution is 7.04. The van der Waals surface area contributed by atoms with Gasteiger partial charge in [0.15, 0.2) is 0 Å². The Bertz CT molecular complexity index is 800. The van der Waals surface area contributed by atoms with Crippen LogP contribution in [0.15, 0.2) is 11.2 Å². The number of amides is 3. The number of carbonyl (C=O) groups excluding carboxylic acids is 2. The maximum atomic E-state index is 13.4. The number of hydrogen-bond donors (Lipinski definition) is 2. The van der Waals surface area contributed by atoms with E-state index in [2.05, 4.69) is 48.2 Å². The lowest BCUT2D eigenvalue weighted by Crippen LogP contribution is -2.50. The lowest BCUT2D eigenvalue weighted by molar-refractivity contribution is -0.131. The number of rotatable bonds is 5. The van der Waals surface area contributed by atoms with Gasteiger partial charge in [-0.15, -0.1) is 0 Å². The molecule has 3 N–H and O–H groups in total. The van der Waals surface area contributed by atoms with Crippen LogP contribution in [0.4, 0.5) is 4.79 Å². The van der Waals surface area contributed by atoms with Crippen LogP contribution in [0, 0.1) is 10.8 Å². The molecule has 3 amide bonds. The van der Waals surface area contributed by atoms with Crippen molar-refractivity contribution < 1.29 is 9.59 Å². The van der Waals surface area contributed by atoms with Crippen LogP contribution in [0.25, 0.3) is 0 Å². The van der Waals surface area contributed by atoms with Crippen molar-refractivity contribution in [2.45, 2.75) is 92.2 Å². The van der Waals surface area contributed by atoms with Gasteiger partial charge in [0.05, 0.1) is 5.41 Å². The van der Waals surface area contributed by atoms with Crippen molar-refractivity contribution in [3.05, 3.63) is 16.4 Å². The third-order valence-corrected chi connectivity index (χ3v) is 7.79. The number of nitrogens with two attached hydrogens (primary N) is 1. The number of nitrogens with one attached hydrogen (secondary N) is 1. The molecule has 0 unspecified atom stereocenters. The number of aromatic nitrogens is 1. The van der Waals surface area contributed by atoms with Gasteiger partial charge in [-0.3, -0.25) is 8.75 Å². The van der Waals surface area contributed by atoms with Gasteiger partial charge in [-0.2, -0.15) is 0 Å². The number of carbonyl (C=O) groups is 2. The van der Waals surface area contributed by atoms with Crippen LogP contribution in [0.5, 0.6) is 0 Å². The second-order valence-electron chi connectivity index (χ2n) is 9.72. The molecule has 1 saturated carbocycles. The minimum atomic E-state index is -0.640. The molecular formula is C21H36N4O2S. The Labute approximate surface area is 172 Å². The molecular weight excluding hydrogens is 372 g/mol. The van der Waals surface area contributed by atoms with Crippen molar-refractivity contribution in [2.75, 3.05) is 0 Å². The fraction of sp³-hybridized carbons (Fsp3) is 0.762. The van der Waals surface area contributed by atoms with Crippen LogP contribution in [0.3, 0.4) is 0 Å². The van der Waals surface area contributed by atoms with Crippen molar-refractivity contribution in [1.82, 2.24) is 9.27 Å². The lowest BCUT2D eigenvalue weighted by atomic mass is 9.67. The molecule has 1 fully saturated rings. The summed E-state index contributed by atoms with van der Waals surface area (Å²) in [5.74, 6) is -0.105. The van der Waals surface area contributed by atoms with Crippen LogP contribution in [-0.4, -0.2) is 21.9 Å². The molecule has 1 aromatic rings. The molecule has 1 aliphatic rings. The molecule has 7 heteroatoms. The van der Waals surface area contributed by atoms with E-state index in [1.807, 2.05) is 20.8 Å². The van der Waals surface area contributed by atoms with E-state index in [4.69, 9.17) is 5.73 Å². The van der Waals surface area contributed by atoms with Crippen LogP contribution >= 0.6 is 11.5 Å². The van der Waals surface area contributed by atoms with Gasteiger partial charge in [-0.1, -0.05) is 34.1 Å². The van der Waals surface area contributed by atoms with Crippen molar-refractivity contribution in [3.63, 3.8) is 0 Å². The Balaban J connectivity index is 2.42. The molecule has 0 aromatic carbocycles. The van der Waals surface area contributed by atoms with Crippen LogP contribution in [-0.2, 0) is 16.8 Å². The van der Waals surface area contributed by atoms with Crippen molar-refractivity contribution in [3.8, 4) is 0 Å². The smallest absolute Gasteiger partial charge is 0.312 e. The molecule has 6 nitrogen and oxygen atoms in total. The third kappa shape index (κ3) is 4.34. The molecule has 1 aliphatic carbocycles. The summed E-state index contributed by atoms with van der Waals surface area (Å²) in [4.78, 5) is 29.3. The van der Waals surface area contributed by atoms with Gasteiger partial charge in [-0.05, 0) is 63.4 Å². The summed E-state index contributed by atoms with van der Waals surface area (Å²) in [6, 6.07) is -0.672. The quantitative estimate of drug-likeness (QED) is 0.773. The number of nitrogens with zero attached hydrogens (tertiary/aromatic N) is 2. The average Bonchev–Trinajstić information content (AvgIpc) is 3.07. The Hall–Kier alpha value is -1.63. The summed E-state index contributed by atoms with van der Waals surface area (Å²) in [7, 11) is 0. The molecule has 2 rings (SSSR count). The maximum absolute atomic E-state index is 13.4. The van der Waals surface area contributed by atoms with E-state index in [0.717, 1.165) is 35.9 Å². The second-order valence-corrected chi connectivity index (χ2v) is 10.7. The highest BCUT2D eigenvalue weighted by atomic mass is 32.1.